The number of methoxy groups -OCH3 is 1. The molecule has 1 aliphatic heterocycles. The zero-order valence-corrected chi connectivity index (χ0v) is 16.5. The van der Waals surface area contributed by atoms with Crippen molar-refractivity contribution >= 4 is 17.5 Å². The van der Waals surface area contributed by atoms with Crippen LogP contribution in [0.4, 0.5) is 0 Å². The molecule has 0 radical (unpaired) electrons. The van der Waals surface area contributed by atoms with E-state index in [1.807, 2.05) is 18.2 Å². The van der Waals surface area contributed by atoms with Crippen molar-refractivity contribution < 1.29 is 9.53 Å². The van der Waals surface area contributed by atoms with E-state index in [1.165, 1.54) is 25.7 Å². The number of carbonyl (C=O) groups excluding carboxylic acids is 1. The van der Waals surface area contributed by atoms with Crippen LogP contribution in [0.2, 0.25) is 5.02 Å². The molecule has 2 aromatic carbocycles. The van der Waals surface area contributed by atoms with Gasteiger partial charge in [0.25, 0.3) is 5.91 Å². The van der Waals surface area contributed by atoms with Gasteiger partial charge in [0.15, 0.2) is 0 Å². The summed E-state index contributed by atoms with van der Waals surface area (Å²) in [5.74, 6) is 0.662. The van der Waals surface area contributed by atoms with Gasteiger partial charge in [-0.15, -0.1) is 0 Å². The second kappa shape index (κ2) is 9.77. The average molecular weight is 387 g/mol. The summed E-state index contributed by atoms with van der Waals surface area (Å²) in [6.07, 6.45) is 4.91. The van der Waals surface area contributed by atoms with Crippen molar-refractivity contribution in [2.45, 2.75) is 31.7 Å². The van der Waals surface area contributed by atoms with Gasteiger partial charge in [0.1, 0.15) is 5.75 Å². The Bertz CT molecular complexity index is 740. The molecule has 2 aromatic rings. The fourth-order valence-corrected chi connectivity index (χ4v) is 3.88. The van der Waals surface area contributed by atoms with Crippen LogP contribution in [0, 0.1) is 0 Å². The Labute approximate surface area is 166 Å². The zero-order valence-electron chi connectivity index (χ0n) is 15.8. The minimum absolute atomic E-state index is 0.0791. The summed E-state index contributed by atoms with van der Waals surface area (Å²) in [5.41, 5.74) is 1.71. The molecule has 1 heterocycles. The number of hydrogen-bond donors (Lipinski definition) is 1. The fourth-order valence-electron chi connectivity index (χ4n) is 3.62. The van der Waals surface area contributed by atoms with Crippen molar-refractivity contribution in [3.05, 3.63) is 64.7 Å². The Kier molecular flexibility index (Phi) is 7.13. The Balaban J connectivity index is 1.74. The Morgan fingerprint density at radius 3 is 2.37 bits per heavy atom. The fraction of sp³-hybridized carbons (Fsp3) is 0.409. The van der Waals surface area contributed by atoms with Gasteiger partial charge in [0.2, 0.25) is 0 Å². The lowest BCUT2D eigenvalue weighted by molar-refractivity contribution is 0.0933. The molecule has 1 amide bonds. The first-order chi connectivity index (χ1) is 13.2. The maximum absolute atomic E-state index is 12.6. The SMILES string of the molecule is COc1ccc(C(=O)NCC(c2ccccc2Cl)N2CCCCCC2)cc1. The predicted octanol–water partition coefficient (Wildman–Crippen LogP) is 4.70. The Morgan fingerprint density at radius 1 is 1.07 bits per heavy atom. The number of likely N-dealkylation sites (tertiary alicyclic amines) is 1. The summed E-state index contributed by atoms with van der Waals surface area (Å²) >= 11 is 6.49. The number of nitrogens with one attached hydrogen (secondary N) is 1. The number of hydrogen-bond acceptors (Lipinski definition) is 3. The minimum atomic E-state index is -0.0791. The van der Waals surface area contributed by atoms with Gasteiger partial charge in [-0.2, -0.15) is 0 Å². The van der Waals surface area contributed by atoms with Gasteiger partial charge >= 0.3 is 0 Å². The highest BCUT2D eigenvalue weighted by Gasteiger charge is 2.24. The molecule has 0 bridgehead atoms. The number of rotatable bonds is 6. The van der Waals surface area contributed by atoms with Crippen LogP contribution in [-0.4, -0.2) is 37.6 Å². The first-order valence-electron chi connectivity index (χ1n) is 9.60. The highest BCUT2D eigenvalue weighted by molar-refractivity contribution is 6.31. The van der Waals surface area contributed by atoms with Gasteiger partial charge in [0, 0.05) is 17.1 Å². The van der Waals surface area contributed by atoms with E-state index in [0.717, 1.165) is 29.4 Å². The third-order valence-electron chi connectivity index (χ3n) is 5.15. The zero-order chi connectivity index (χ0) is 19.1. The summed E-state index contributed by atoms with van der Waals surface area (Å²) < 4.78 is 5.16. The highest BCUT2D eigenvalue weighted by atomic mass is 35.5. The molecular formula is C22H27ClN2O2. The normalized spacial score (nSPS) is 16.4. The molecule has 1 N–H and O–H groups in total. The number of benzene rings is 2. The summed E-state index contributed by atoms with van der Waals surface area (Å²) in [6, 6.07) is 15.2. The molecule has 1 fully saturated rings. The minimum Gasteiger partial charge on any atom is -0.497 e. The molecule has 1 atom stereocenters. The van der Waals surface area contributed by atoms with Gasteiger partial charge < -0.3 is 10.1 Å². The van der Waals surface area contributed by atoms with Crippen molar-refractivity contribution in [1.82, 2.24) is 10.2 Å². The number of halogens is 1. The van der Waals surface area contributed by atoms with Crippen LogP contribution in [0.3, 0.4) is 0 Å². The molecule has 0 spiro atoms. The Morgan fingerprint density at radius 2 is 1.74 bits per heavy atom. The largest absolute Gasteiger partial charge is 0.497 e. The summed E-state index contributed by atoms with van der Waals surface area (Å²) in [4.78, 5) is 15.1. The van der Waals surface area contributed by atoms with Gasteiger partial charge in [0.05, 0.1) is 13.2 Å². The smallest absolute Gasteiger partial charge is 0.251 e. The molecule has 0 aromatic heterocycles. The standard InChI is InChI=1S/C22H27ClN2O2/c1-27-18-12-10-17(11-13-18)22(26)24-16-21(19-8-4-5-9-20(19)23)25-14-6-2-3-7-15-25/h4-5,8-13,21H,2-3,6-7,14-16H2,1H3,(H,24,26). The number of ether oxygens (including phenoxy) is 1. The second-order valence-corrected chi connectivity index (χ2v) is 7.33. The van der Waals surface area contributed by atoms with E-state index in [-0.39, 0.29) is 11.9 Å². The average Bonchev–Trinajstić information content (AvgIpc) is 2.99. The second-order valence-electron chi connectivity index (χ2n) is 6.93. The van der Waals surface area contributed by atoms with Crippen molar-refractivity contribution in [3.63, 3.8) is 0 Å². The predicted molar refractivity (Wildman–Crippen MR) is 110 cm³/mol. The van der Waals surface area contributed by atoms with E-state index in [1.54, 1.807) is 31.4 Å². The molecule has 0 aliphatic carbocycles. The molecular weight excluding hydrogens is 360 g/mol. The summed E-state index contributed by atoms with van der Waals surface area (Å²) in [7, 11) is 1.62. The molecule has 1 saturated heterocycles. The van der Waals surface area contributed by atoms with Gasteiger partial charge in [-0.25, -0.2) is 0 Å². The van der Waals surface area contributed by atoms with Crippen molar-refractivity contribution in [3.8, 4) is 5.75 Å². The topological polar surface area (TPSA) is 41.6 Å². The first kappa shape index (κ1) is 19.7. The molecule has 1 unspecified atom stereocenters. The van der Waals surface area contributed by atoms with Gasteiger partial charge in [-0.1, -0.05) is 42.6 Å². The lowest BCUT2D eigenvalue weighted by atomic mass is 10.0. The van der Waals surface area contributed by atoms with E-state index in [9.17, 15) is 4.79 Å². The van der Waals surface area contributed by atoms with Crippen LogP contribution in [-0.2, 0) is 0 Å². The number of amides is 1. The van der Waals surface area contributed by atoms with Crippen LogP contribution in [0.1, 0.15) is 47.6 Å². The first-order valence-corrected chi connectivity index (χ1v) is 9.97. The summed E-state index contributed by atoms with van der Waals surface area (Å²) in [6.45, 7) is 2.61. The summed E-state index contributed by atoms with van der Waals surface area (Å²) in [5, 5.41) is 3.85. The van der Waals surface area contributed by atoms with E-state index in [2.05, 4.69) is 16.3 Å². The van der Waals surface area contributed by atoms with E-state index < -0.39 is 0 Å². The van der Waals surface area contributed by atoms with E-state index >= 15 is 0 Å². The van der Waals surface area contributed by atoms with Gasteiger partial charge in [-0.05, 0) is 61.8 Å². The van der Waals surface area contributed by atoms with Crippen LogP contribution in [0.15, 0.2) is 48.5 Å². The molecule has 144 valence electrons. The lowest BCUT2D eigenvalue weighted by Crippen LogP contribution is -2.38. The Hall–Kier alpha value is -2.04. The van der Waals surface area contributed by atoms with E-state index in [0.29, 0.717) is 12.1 Å². The number of carbonyl (C=O) groups is 1. The maximum Gasteiger partial charge on any atom is 0.251 e. The van der Waals surface area contributed by atoms with Crippen LogP contribution < -0.4 is 10.1 Å². The van der Waals surface area contributed by atoms with Crippen molar-refractivity contribution in [2.24, 2.45) is 0 Å². The monoisotopic (exact) mass is 386 g/mol. The van der Waals surface area contributed by atoms with E-state index in [4.69, 9.17) is 16.3 Å². The van der Waals surface area contributed by atoms with Crippen LogP contribution in [0.25, 0.3) is 0 Å². The van der Waals surface area contributed by atoms with Crippen molar-refractivity contribution in [1.29, 1.82) is 0 Å². The van der Waals surface area contributed by atoms with Gasteiger partial charge in [-0.3, -0.25) is 9.69 Å². The third-order valence-corrected chi connectivity index (χ3v) is 5.50. The van der Waals surface area contributed by atoms with Crippen LogP contribution in [0.5, 0.6) is 5.75 Å². The quantitative estimate of drug-likeness (QED) is 0.782. The molecule has 1 aliphatic rings. The molecule has 5 heteroatoms. The molecule has 4 nitrogen and oxygen atoms in total. The van der Waals surface area contributed by atoms with Crippen molar-refractivity contribution in [2.75, 3.05) is 26.7 Å². The number of nitrogens with zero attached hydrogens (tertiary/aromatic N) is 1. The molecule has 0 saturated carbocycles. The highest BCUT2D eigenvalue weighted by Crippen LogP contribution is 2.29. The van der Waals surface area contributed by atoms with Crippen LogP contribution >= 0.6 is 11.6 Å². The molecule has 27 heavy (non-hydrogen) atoms. The molecule has 3 rings (SSSR count). The third kappa shape index (κ3) is 5.24. The maximum atomic E-state index is 12.6. The lowest BCUT2D eigenvalue weighted by Gasteiger charge is -2.31.